The molecule has 1 aromatic heterocycles. The van der Waals surface area contributed by atoms with Gasteiger partial charge in [0.05, 0.1) is 6.61 Å². The Balaban J connectivity index is 2.21. The molecule has 0 bridgehead atoms. The molecule has 0 radical (unpaired) electrons. The van der Waals surface area contributed by atoms with Crippen LogP contribution in [0.4, 0.5) is 9.39 Å². The molecule has 0 aliphatic carbocycles. The fraction of sp³-hybridized carbons (Fsp3) is 0.400. The molecule has 0 spiro atoms. The smallest absolute Gasteiger partial charge is 0.341 e. The van der Waals surface area contributed by atoms with Crippen molar-refractivity contribution in [2.75, 3.05) is 11.9 Å². The van der Waals surface area contributed by atoms with E-state index in [4.69, 9.17) is 4.74 Å². The molecule has 0 fully saturated rings. The summed E-state index contributed by atoms with van der Waals surface area (Å²) in [4.78, 5) is 24.6. The maximum absolute atomic E-state index is 13.2. The predicted molar refractivity (Wildman–Crippen MR) is 103 cm³/mol. The van der Waals surface area contributed by atoms with E-state index in [1.165, 1.54) is 23.5 Å². The first-order chi connectivity index (χ1) is 12.6. The minimum Gasteiger partial charge on any atom is -0.462 e. The first-order valence-corrected chi connectivity index (χ1v) is 9.79. The zero-order valence-electron chi connectivity index (χ0n) is 15.1. The summed E-state index contributed by atoms with van der Waals surface area (Å²) in [5.41, 5.74) is 1.66. The third-order valence-corrected chi connectivity index (χ3v) is 4.83. The van der Waals surface area contributed by atoms with Crippen molar-refractivity contribution >= 4 is 28.2 Å². The van der Waals surface area contributed by atoms with Gasteiger partial charge < -0.3 is 10.1 Å². The zero-order valence-corrected chi connectivity index (χ0v) is 16.0. The predicted octanol–water partition coefficient (Wildman–Crippen LogP) is 5.64. The number of esters is 1. The van der Waals surface area contributed by atoms with Gasteiger partial charge in [-0.25, -0.2) is 9.18 Å². The Morgan fingerprint density at radius 3 is 2.50 bits per heavy atom. The topological polar surface area (TPSA) is 55.4 Å². The van der Waals surface area contributed by atoms with E-state index < -0.39 is 5.97 Å². The summed E-state index contributed by atoms with van der Waals surface area (Å²) < 4.78 is 18.3. The number of anilines is 1. The van der Waals surface area contributed by atoms with Crippen LogP contribution in [0.3, 0.4) is 0 Å². The van der Waals surface area contributed by atoms with Crippen LogP contribution in [0.5, 0.6) is 0 Å². The molecule has 1 heterocycles. The molecule has 1 aromatic carbocycles. The number of hydrogen-bond acceptors (Lipinski definition) is 4. The minimum atomic E-state index is -0.491. The summed E-state index contributed by atoms with van der Waals surface area (Å²) >= 11 is 1.27. The van der Waals surface area contributed by atoms with Crippen molar-refractivity contribution in [2.45, 2.75) is 46.0 Å². The second-order valence-corrected chi connectivity index (χ2v) is 6.82. The quantitative estimate of drug-likeness (QED) is 0.454. The molecule has 1 N–H and O–H groups in total. The van der Waals surface area contributed by atoms with E-state index in [0.717, 1.165) is 25.7 Å². The van der Waals surface area contributed by atoms with Crippen LogP contribution < -0.4 is 5.32 Å². The fourth-order valence-electron chi connectivity index (χ4n) is 2.60. The number of nitrogens with one attached hydrogen (secondary N) is 1. The molecular formula is C20H24FNO3S. The number of thiophene rings is 1. The number of carbonyl (C=O) groups is 2. The van der Waals surface area contributed by atoms with Crippen molar-refractivity contribution in [1.82, 2.24) is 0 Å². The summed E-state index contributed by atoms with van der Waals surface area (Å²) in [6.45, 7) is 4.09. The van der Waals surface area contributed by atoms with Crippen molar-refractivity contribution in [3.8, 4) is 11.1 Å². The van der Waals surface area contributed by atoms with Gasteiger partial charge in [-0.3, -0.25) is 4.79 Å². The Labute approximate surface area is 157 Å². The second-order valence-electron chi connectivity index (χ2n) is 5.94. The molecule has 0 atom stereocenters. The van der Waals surface area contributed by atoms with Gasteiger partial charge in [0.25, 0.3) is 0 Å². The van der Waals surface area contributed by atoms with Gasteiger partial charge in [-0.05, 0) is 31.0 Å². The summed E-state index contributed by atoms with van der Waals surface area (Å²) in [5.74, 6) is -0.948. The van der Waals surface area contributed by atoms with Crippen molar-refractivity contribution in [1.29, 1.82) is 0 Å². The zero-order chi connectivity index (χ0) is 18.9. The Kier molecular flexibility index (Phi) is 7.78. The van der Waals surface area contributed by atoms with E-state index in [1.54, 1.807) is 24.4 Å². The van der Waals surface area contributed by atoms with Gasteiger partial charge in [0.15, 0.2) is 0 Å². The molecule has 4 nitrogen and oxygen atoms in total. The Bertz CT molecular complexity index is 740. The number of rotatable bonds is 9. The molecule has 140 valence electrons. The molecule has 2 rings (SSSR count). The molecule has 2 aromatic rings. The third-order valence-electron chi connectivity index (χ3n) is 3.94. The van der Waals surface area contributed by atoms with Crippen molar-refractivity contribution < 1.29 is 18.7 Å². The largest absolute Gasteiger partial charge is 0.462 e. The van der Waals surface area contributed by atoms with Crippen LogP contribution in [-0.4, -0.2) is 18.5 Å². The lowest BCUT2D eigenvalue weighted by molar-refractivity contribution is -0.116. The highest BCUT2D eigenvalue weighted by Crippen LogP contribution is 2.36. The van der Waals surface area contributed by atoms with Gasteiger partial charge in [0, 0.05) is 17.4 Å². The number of ether oxygens (including phenoxy) is 1. The number of halogens is 1. The van der Waals surface area contributed by atoms with E-state index in [9.17, 15) is 14.0 Å². The summed E-state index contributed by atoms with van der Waals surface area (Å²) in [7, 11) is 0. The van der Waals surface area contributed by atoms with Crippen molar-refractivity contribution in [3.63, 3.8) is 0 Å². The number of unbranched alkanes of at least 4 members (excludes halogenated alkanes) is 3. The average Bonchev–Trinajstić information content (AvgIpc) is 3.03. The van der Waals surface area contributed by atoms with Crippen LogP contribution in [-0.2, 0) is 9.53 Å². The van der Waals surface area contributed by atoms with Gasteiger partial charge >= 0.3 is 5.97 Å². The number of hydrogen-bond donors (Lipinski definition) is 1. The Morgan fingerprint density at radius 1 is 1.12 bits per heavy atom. The highest BCUT2D eigenvalue weighted by atomic mass is 32.1. The van der Waals surface area contributed by atoms with Gasteiger partial charge in [-0.2, -0.15) is 0 Å². The molecule has 0 unspecified atom stereocenters. The lowest BCUT2D eigenvalue weighted by Crippen LogP contribution is -2.14. The summed E-state index contributed by atoms with van der Waals surface area (Å²) in [6.07, 6.45) is 4.48. The van der Waals surface area contributed by atoms with Crippen LogP contribution in [0.1, 0.15) is 56.3 Å². The first kappa shape index (κ1) is 20.1. The standard InChI is InChI=1S/C20H24FNO3S/c1-3-5-6-7-8-17(23)22-19-18(20(24)25-4-2)16(13-26-19)14-9-11-15(21)12-10-14/h9-13H,3-8H2,1-2H3,(H,22,23). The lowest BCUT2D eigenvalue weighted by atomic mass is 10.0. The molecular weight excluding hydrogens is 353 g/mol. The molecule has 0 aliphatic rings. The van der Waals surface area contributed by atoms with Gasteiger partial charge in [-0.15, -0.1) is 11.3 Å². The van der Waals surface area contributed by atoms with Crippen LogP contribution in [0.2, 0.25) is 0 Å². The molecule has 0 saturated heterocycles. The van der Waals surface area contributed by atoms with E-state index >= 15 is 0 Å². The van der Waals surface area contributed by atoms with E-state index in [1.807, 2.05) is 0 Å². The Hall–Kier alpha value is -2.21. The molecule has 1 amide bonds. The molecule has 0 aliphatic heterocycles. The van der Waals surface area contributed by atoms with Crippen molar-refractivity contribution in [2.24, 2.45) is 0 Å². The van der Waals surface area contributed by atoms with Gasteiger partial charge in [0.1, 0.15) is 16.4 Å². The van der Waals surface area contributed by atoms with E-state index in [0.29, 0.717) is 28.1 Å². The van der Waals surface area contributed by atoms with E-state index in [2.05, 4.69) is 12.2 Å². The highest BCUT2D eigenvalue weighted by Gasteiger charge is 2.22. The van der Waals surface area contributed by atoms with E-state index in [-0.39, 0.29) is 18.3 Å². The average molecular weight is 377 g/mol. The van der Waals surface area contributed by atoms with Crippen LogP contribution in [0.25, 0.3) is 11.1 Å². The second kappa shape index (κ2) is 10.1. The van der Waals surface area contributed by atoms with Gasteiger partial charge in [-0.1, -0.05) is 38.3 Å². The summed E-state index contributed by atoms with van der Waals surface area (Å²) in [6, 6.07) is 5.90. The molecule has 6 heteroatoms. The number of amides is 1. The Morgan fingerprint density at radius 2 is 1.85 bits per heavy atom. The lowest BCUT2D eigenvalue weighted by Gasteiger charge is -2.09. The maximum atomic E-state index is 13.2. The van der Waals surface area contributed by atoms with Crippen LogP contribution in [0.15, 0.2) is 29.6 Å². The first-order valence-electron chi connectivity index (χ1n) is 8.91. The highest BCUT2D eigenvalue weighted by molar-refractivity contribution is 7.15. The van der Waals surface area contributed by atoms with Crippen LogP contribution in [0, 0.1) is 5.82 Å². The number of benzene rings is 1. The van der Waals surface area contributed by atoms with Crippen LogP contribution >= 0.6 is 11.3 Å². The third kappa shape index (κ3) is 5.39. The fourth-order valence-corrected chi connectivity index (χ4v) is 3.57. The molecule has 26 heavy (non-hydrogen) atoms. The van der Waals surface area contributed by atoms with Gasteiger partial charge in [0.2, 0.25) is 5.91 Å². The maximum Gasteiger partial charge on any atom is 0.341 e. The van der Waals surface area contributed by atoms with Crippen molar-refractivity contribution in [3.05, 3.63) is 41.0 Å². The minimum absolute atomic E-state index is 0.112. The number of carbonyl (C=O) groups excluding carboxylic acids is 2. The molecule has 0 saturated carbocycles. The SMILES string of the molecule is CCCCCCC(=O)Nc1scc(-c2ccc(F)cc2)c1C(=O)OCC. The summed E-state index contributed by atoms with van der Waals surface area (Å²) in [5, 5.41) is 5.09. The normalized spacial score (nSPS) is 10.6. The monoisotopic (exact) mass is 377 g/mol.